The highest BCUT2D eigenvalue weighted by atomic mass is 32.1. The van der Waals surface area contributed by atoms with Crippen molar-refractivity contribution in [1.82, 2.24) is 0 Å². The first-order valence-corrected chi connectivity index (χ1v) is 2.87. The molecule has 0 aliphatic carbocycles. The molecule has 0 saturated carbocycles. The number of rotatable bonds is 3. The van der Waals surface area contributed by atoms with E-state index in [2.05, 4.69) is 12.6 Å². The van der Waals surface area contributed by atoms with Gasteiger partial charge in [-0.1, -0.05) is 6.92 Å². The fraction of sp³-hybridized carbons (Fsp3) is 0.800. The molecule has 0 aliphatic heterocycles. The molecule has 3 heteroatoms. The summed E-state index contributed by atoms with van der Waals surface area (Å²) in [5, 5.41) is 0. The third-order valence-corrected chi connectivity index (χ3v) is 1.65. The molecule has 0 fully saturated rings. The zero-order chi connectivity index (χ0) is 6.62. The number of carbonyl (C=O) groups excluding carboxylic acids is 1. The quantitative estimate of drug-likeness (QED) is 0.352. The molecule has 48 valence electrons. The monoisotopic (exact) mass is 134 g/mol. The third kappa shape index (κ3) is 1.84. The first-order valence-electron chi connectivity index (χ1n) is 2.42. The van der Waals surface area contributed by atoms with Gasteiger partial charge in [-0.25, -0.2) is 0 Å². The first kappa shape index (κ1) is 7.98. The molecule has 0 rings (SSSR count). The van der Waals surface area contributed by atoms with Crippen molar-refractivity contribution in [1.29, 1.82) is 0 Å². The molecule has 0 bridgehead atoms. The number of thiol groups is 1. The van der Waals surface area contributed by atoms with E-state index in [-0.39, 0.29) is 0 Å². The molecule has 0 aliphatic rings. The van der Waals surface area contributed by atoms with Crippen molar-refractivity contribution in [2.75, 3.05) is 7.11 Å². The van der Waals surface area contributed by atoms with Gasteiger partial charge in [0.05, 0.1) is 0 Å². The number of ether oxygens (including phenoxy) is 1. The molecule has 1 atom stereocenters. The number of hydrogen-bond donors (Lipinski definition) is 1. The number of hydrogen-bond acceptors (Lipinski definition) is 3. The van der Waals surface area contributed by atoms with Gasteiger partial charge in [0.15, 0.2) is 11.2 Å². The minimum Gasteiger partial charge on any atom is -0.361 e. The first-order chi connectivity index (χ1) is 3.68. The van der Waals surface area contributed by atoms with Crippen LogP contribution in [-0.2, 0) is 9.53 Å². The summed E-state index contributed by atoms with van der Waals surface area (Å²) in [6, 6.07) is 0. The highest BCUT2D eigenvalue weighted by Crippen LogP contribution is 2.15. The Balaban J connectivity index is 3.76. The maximum atomic E-state index is 10.1. The van der Waals surface area contributed by atoms with Gasteiger partial charge in [0.25, 0.3) is 0 Å². The van der Waals surface area contributed by atoms with Gasteiger partial charge in [-0.2, -0.15) is 0 Å². The predicted octanol–water partition coefficient (Wildman–Crippen LogP) is 0.868. The zero-order valence-corrected chi connectivity index (χ0v) is 5.94. The van der Waals surface area contributed by atoms with Gasteiger partial charge in [0, 0.05) is 7.11 Å². The minimum absolute atomic E-state index is 0.593. The molecule has 0 saturated heterocycles. The van der Waals surface area contributed by atoms with Crippen LogP contribution in [0.1, 0.15) is 13.3 Å². The molecule has 0 N–H and O–H groups in total. The molecule has 0 amide bonds. The maximum Gasteiger partial charge on any atom is 0.165 e. The Morgan fingerprint density at radius 3 is 2.38 bits per heavy atom. The van der Waals surface area contributed by atoms with Crippen molar-refractivity contribution in [3.05, 3.63) is 0 Å². The lowest BCUT2D eigenvalue weighted by Crippen LogP contribution is -2.24. The van der Waals surface area contributed by atoms with Crippen LogP contribution < -0.4 is 0 Å². The van der Waals surface area contributed by atoms with E-state index in [1.807, 2.05) is 6.92 Å². The normalized spacial score (nSPS) is 17.4. The zero-order valence-electron chi connectivity index (χ0n) is 5.05. The van der Waals surface area contributed by atoms with E-state index in [1.165, 1.54) is 7.11 Å². The summed E-state index contributed by atoms with van der Waals surface area (Å²) in [5.74, 6) is 0. The molecule has 8 heavy (non-hydrogen) atoms. The average molecular weight is 134 g/mol. The molecule has 0 aromatic heterocycles. The molecule has 2 nitrogen and oxygen atoms in total. The van der Waals surface area contributed by atoms with E-state index in [1.54, 1.807) is 0 Å². The van der Waals surface area contributed by atoms with Gasteiger partial charge in [0.2, 0.25) is 0 Å². The van der Waals surface area contributed by atoms with E-state index in [0.717, 1.165) is 0 Å². The highest BCUT2D eigenvalue weighted by molar-refractivity contribution is 7.82. The van der Waals surface area contributed by atoms with Crippen molar-refractivity contribution in [3.63, 3.8) is 0 Å². The van der Waals surface area contributed by atoms with Crippen molar-refractivity contribution < 1.29 is 9.53 Å². The van der Waals surface area contributed by atoms with Gasteiger partial charge >= 0.3 is 0 Å². The van der Waals surface area contributed by atoms with Crippen LogP contribution in [0.4, 0.5) is 0 Å². The molecule has 0 aromatic rings. The molecule has 0 unspecified atom stereocenters. The van der Waals surface area contributed by atoms with Crippen LogP contribution in [0.15, 0.2) is 0 Å². The summed E-state index contributed by atoms with van der Waals surface area (Å²) in [7, 11) is 1.46. The average Bonchev–Trinajstić information content (AvgIpc) is 1.87. The summed E-state index contributed by atoms with van der Waals surface area (Å²) >= 11 is 3.93. The molecule has 0 heterocycles. The van der Waals surface area contributed by atoms with E-state index >= 15 is 0 Å². The summed E-state index contributed by atoms with van der Waals surface area (Å²) in [6.07, 6.45) is 1.28. The second-order valence-electron chi connectivity index (χ2n) is 1.52. The number of methoxy groups -OCH3 is 1. The molecule has 0 radical (unpaired) electrons. The van der Waals surface area contributed by atoms with Gasteiger partial charge in [-0.15, -0.1) is 12.6 Å². The van der Waals surface area contributed by atoms with Crippen molar-refractivity contribution in [2.45, 2.75) is 18.3 Å². The van der Waals surface area contributed by atoms with E-state index in [0.29, 0.717) is 12.7 Å². The van der Waals surface area contributed by atoms with E-state index in [4.69, 9.17) is 4.74 Å². The fourth-order valence-corrected chi connectivity index (χ4v) is 0.276. The van der Waals surface area contributed by atoms with Gasteiger partial charge in [-0.3, -0.25) is 4.79 Å². The third-order valence-electron chi connectivity index (χ3n) is 1.04. The largest absolute Gasteiger partial charge is 0.361 e. The Hall–Kier alpha value is -0.0200. The van der Waals surface area contributed by atoms with Crippen LogP contribution in [0.5, 0.6) is 0 Å². The van der Waals surface area contributed by atoms with Crippen molar-refractivity contribution >= 4 is 18.9 Å². The van der Waals surface area contributed by atoms with Crippen LogP contribution in [0.2, 0.25) is 0 Å². The van der Waals surface area contributed by atoms with Crippen LogP contribution in [0.25, 0.3) is 0 Å². The topological polar surface area (TPSA) is 26.3 Å². The minimum atomic E-state index is -0.861. The Bertz CT molecular complexity index is 78.5. The molecular formula is C5H10O2S. The smallest absolute Gasteiger partial charge is 0.165 e. The lowest BCUT2D eigenvalue weighted by atomic mass is 10.3. The number of carbonyl (C=O) groups is 1. The van der Waals surface area contributed by atoms with E-state index < -0.39 is 4.93 Å². The Labute approximate surface area is 54.6 Å². The lowest BCUT2D eigenvalue weighted by Gasteiger charge is -2.16. The lowest BCUT2D eigenvalue weighted by molar-refractivity contribution is -0.118. The summed E-state index contributed by atoms with van der Waals surface area (Å²) in [5.41, 5.74) is 0. The molecule has 0 spiro atoms. The molecule has 0 aromatic carbocycles. The summed E-state index contributed by atoms with van der Waals surface area (Å²) in [4.78, 5) is 9.23. The Morgan fingerprint density at radius 1 is 1.88 bits per heavy atom. The van der Waals surface area contributed by atoms with Crippen LogP contribution >= 0.6 is 12.6 Å². The Kier molecular flexibility index (Phi) is 3.09. The van der Waals surface area contributed by atoms with Gasteiger partial charge in [-0.05, 0) is 6.42 Å². The Morgan fingerprint density at radius 2 is 2.38 bits per heavy atom. The number of aldehydes is 1. The van der Waals surface area contributed by atoms with Crippen LogP contribution in [0.3, 0.4) is 0 Å². The van der Waals surface area contributed by atoms with Gasteiger partial charge < -0.3 is 4.74 Å². The predicted molar refractivity (Wildman–Crippen MR) is 35.1 cm³/mol. The van der Waals surface area contributed by atoms with Crippen LogP contribution in [0, 0.1) is 0 Å². The molecular weight excluding hydrogens is 124 g/mol. The van der Waals surface area contributed by atoms with Crippen molar-refractivity contribution in [3.8, 4) is 0 Å². The summed E-state index contributed by atoms with van der Waals surface area (Å²) < 4.78 is 4.73. The van der Waals surface area contributed by atoms with Crippen LogP contribution in [-0.4, -0.2) is 18.3 Å². The second kappa shape index (κ2) is 3.10. The SMILES string of the molecule is CC[C@@](S)(C=O)OC. The summed E-state index contributed by atoms with van der Waals surface area (Å²) in [6.45, 7) is 1.84. The van der Waals surface area contributed by atoms with E-state index in [9.17, 15) is 4.79 Å². The van der Waals surface area contributed by atoms with Crippen molar-refractivity contribution in [2.24, 2.45) is 0 Å². The fourth-order valence-electron chi connectivity index (χ4n) is 0.276. The highest BCUT2D eigenvalue weighted by Gasteiger charge is 2.19. The van der Waals surface area contributed by atoms with Gasteiger partial charge in [0.1, 0.15) is 0 Å². The standard InChI is InChI=1S/C5H10O2S/c1-3-5(8,4-6)7-2/h4,8H,3H2,1-2H3/t5-/m1/s1. The maximum absolute atomic E-state index is 10.1. The second-order valence-corrected chi connectivity index (χ2v) is 2.28.